The van der Waals surface area contributed by atoms with Crippen molar-refractivity contribution in [3.8, 4) is 0 Å². The molecule has 3 nitrogen and oxygen atoms in total. The summed E-state index contributed by atoms with van der Waals surface area (Å²) in [6, 6.07) is 0. The van der Waals surface area contributed by atoms with Crippen LogP contribution in [0.3, 0.4) is 0 Å². The maximum atomic E-state index is 12.3. The highest BCUT2D eigenvalue weighted by atomic mass is 16.5. The topological polar surface area (TPSA) is 38.3 Å². The number of esters is 1. The first kappa shape index (κ1) is 16.5. The van der Waals surface area contributed by atoms with Gasteiger partial charge in [-0.25, -0.2) is 0 Å². The monoisotopic (exact) mass is 269 g/mol. The van der Waals surface area contributed by atoms with Gasteiger partial charge < -0.3 is 10.1 Å². The molecular formula is C16H31NO2. The lowest BCUT2D eigenvalue weighted by Gasteiger charge is -2.31. The number of ether oxygens (including phenoxy) is 1. The van der Waals surface area contributed by atoms with Crippen LogP contribution in [0.4, 0.5) is 0 Å². The highest BCUT2D eigenvalue weighted by Crippen LogP contribution is 2.26. The van der Waals surface area contributed by atoms with E-state index in [0.29, 0.717) is 6.61 Å². The van der Waals surface area contributed by atoms with Gasteiger partial charge in [0.1, 0.15) is 5.54 Å². The van der Waals surface area contributed by atoms with Crippen LogP contribution in [0.15, 0.2) is 0 Å². The van der Waals surface area contributed by atoms with Crippen LogP contribution in [-0.4, -0.2) is 25.2 Å². The molecule has 3 heteroatoms. The molecule has 1 N–H and O–H groups in total. The molecule has 0 aliphatic heterocycles. The number of carbonyl (C=O) groups is 1. The number of rotatable bonds is 3. The van der Waals surface area contributed by atoms with E-state index < -0.39 is 5.54 Å². The molecule has 0 bridgehead atoms. The Bertz CT molecular complexity index is 241. The maximum Gasteiger partial charge on any atom is 0.326 e. The van der Waals surface area contributed by atoms with Gasteiger partial charge >= 0.3 is 5.97 Å². The summed E-state index contributed by atoms with van der Waals surface area (Å²) in [5.41, 5.74) is -0.435. The predicted molar refractivity (Wildman–Crippen MR) is 79.2 cm³/mol. The first-order valence-corrected chi connectivity index (χ1v) is 8.11. The molecule has 0 unspecified atom stereocenters. The zero-order valence-electron chi connectivity index (χ0n) is 12.8. The van der Waals surface area contributed by atoms with Gasteiger partial charge in [-0.05, 0) is 26.8 Å². The summed E-state index contributed by atoms with van der Waals surface area (Å²) in [4.78, 5) is 12.3. The summed E-state index contributed by atoms with van der Waals surface area (Å²) in [7, 11) is 1.91. The molecule has 0 amide bonds. The van der Waals surface area contributed by atoms with Crippen molar-refractivity contribution >= 4 is 5.97 Å². The van der Waals surface area contributed by atoms with E-state index in [-0.39, 0.29) is 5.97 Å². The molecule has 0 heterocycles. The molecule has 0 aromatic carbocycles. The van der Waals surface area contributed by atoms with E-state index in [1.807, 2.05) is 14.0 Å². The summed E-state index contributed by atoms with van der Waals surface area (Å²) in [5, 5.41) is 3.28. The van der Waals surface area contributed by atoms with E-state index in [0.717, 1.165) is 25.7 Å². The van der Waals surface area contributed by atoms with E-state index in [1.54, 1.807) is 0 Å². The SMILES string of the molecule is CCOC(=O)C1(NC)CCCCCCCCCCC1. The molecule has 1 aliphatic rings. The second kappa shape index (κ2) is 9.35. The van der Waals surface area contributed by atoms with Gasteiger partial charge in [0.05, 0.1) is 6.61 Å². The van der Waals surface area contributed by atoms with Crippen LogP contribution in [0, 0.1) is 0 Å². The van der Waals surface area contributed by atoms with Crippen molar-refractivity contribution < 1.29 is 9.53 Å². The zero-order chi connectivity index (χ0) is 14.0. The Hall–Kier alpha value is -0.570. The highest BCUT2D eigenvalue weighted by molar-refractivity contribution is 5.80. The Labute approximate surface area is 118 Å². The number of hydrogen-bond acceptors (Lipinski definition) is 3. The van der Waals surface area contributed by atoms with Crippen LogP contribution >= 0.6 is 0 Å². The number of hydrogen-bond donors (Lipinski definition) is 1. The molecule has 1 saturated carbocycles. The lowest BCUT2D eigenvalue weighted by molar-refractivity contribution is -0.152. The fourth-order valence-corrected chi connectivity index (χ4v) is 3.04. The largest absolute Gasteiger partial charge is 0.465 e. The first-order chi connectivity index (χ1) is 9.25. The van der Waals surface area contributed by atoms with Crippen molar-refractivity contribution in [1.82, 2.24) is 5.32 Å². The highest BCUT2D eigenvalue weighted by Gasteiger charge is 2.37. The fraction of sp³-hybridized carbons (Fsp3) is 0.938. The first-order valence-electron chi connectivity index (χ1n) is 8.11. The van der Waals surface area contributed by atoms with Gasteiger partial charge in [0.25, 0.3) is 0 Å². The van der Waals surface area contributed by atoms with E-state index in [2.05, 4.69) is 5.32 Å². The molecule has 1 rings (SSSR count). The lowest BCUT2D eigenvalue weighted by atomic mass is 9.85. The van der Waals surface area contributed by atoms with Crippen molar-refractivity contribution in [2.45, 2.75) is 83.1 Å². The van der Waals surface area contributed by atoms with E-state index in [4.69, 9.17) is 4.74 Å². The van der Waals surface area contributed by atoms with Crippen LogP contribution in [-0.2, 0) is 9.53 Å². The Morgan fingerprint density at radius 1 is 0.947 bits per heavy atom. The van der Waals surface area contributed by atoms with Crippen molar-refractivity contribution in [3.05, 3.63) is 0 Å². The minimum Gasteiger partial charge on any atom is -0.465 e. The number of nitrogens with one attached hydrogen (secondary N) is 1. The Balaban J connectivity index is 2.62. The lowest BCUT2D eigenvalue weighted by Crippen LogP contribution is -2.51. The predicted octanol–water partition coefficient (Wildman–Crippen LogP) is 3.81. The summed E-state index contributed by atoms with van der Waals surface area (Å²) < 4.78 is 5.30. The molecule has 0 radical (unpaired) electrons. The van der Waals surface area contributed by atoms with Gasteiger partial charge in [0, 0.05) is 0 Å². The van der Waals surface area contributed by atoms with Gasteiger partial charge in [0.15, 0.2) is 0 Å². The second-order valence-corrected chi connectivity index (χ2v) is 5.73. The van der Waals surface area contributed by atoms with Crippen LogP contribution in [0.1, 0.15) is 77.6 Å². The Kier molecular flexibility index (Phi) is 8.11. The molecule has 0 atom stereocenters. The minimum absolute atomic E-state index is 0.0467. The van der Waals surface area contributed by atoms with Crippen molar-refractivity contribution in [2.75, 3.05) is 13.7 Å². The average Bonchev–Trinajstić information content (AvgIpc) is 2.40. The summed E-state index contributed by atoms with van der Waals surface area (Å²) in [5.74, 6) is -0.0467. The second-order valence-electron chi connectivity index (χ2n) is 5.73. The molecule has 1 fully saturated rings. The molecular weight excluding hydrogens is 238 g/mol. The zero-order valence-corrected chi connectivity index (χ0v) is 12.8. The quantitative estimate of drug-likeness (QED) is 0.792. The summed E-state index contributed by atoms with van der Waals surface area (Å²) >= 11 is 0. The third-order valence-corrected chi connectivity index (χ3v) is 4.35. The normalized spacial score (nSPS) is 22.0. The molecule has 0 aromatic rings. The fourth-order valence-electron chi connectivity index (χ4n) is 3.04. The number of carbonyl (C=O) groups excluding carboxylic acids is 1. The van der Waals surface area contributed by atoms with E-state index in [9.17, 15) is 4.79 Å². The van der Waals surface area contributed by atoms with Crippen LogP contribution < -0.4 is 5.32 Å². The molecule has 19 heavy (non-hydrogen) atoms. The van der Waals surface area contributed by atoms with Gasteiger partial charge in [-0.3, -0.25) is 4.79 Å². The van der Waals surface area contributed by atoms with E-state index >= 15 is 0 Å². The Morgan fingerprint density at radius 3 is 1.74 bits per heavy atom. The summed E-state index contributed by atoms with van der Waals surface area (Å²) in [6.45, 7) is 2.36. The van der Waals surface area contributed by atoms with Crippen molar-refractivity contribution in [2.24, 2.45) is 0 Å². The van der Waals surface area contributed by atoms with Gasteiger partial charge in [-0.15, -0.1) is 0 Å². The number of likely N-dealkylation sites (N-methyl/N-ethyl adjacent to an activating group) is 1. The van der Waals surface area contributed by atoms with Gasteiger partial charge in [0.2, 0.25) is 0 Å². The minimum atomic E-state index is -0.435. The average molecular weight is 269 g/mol. The smallest absolute Gasteiger partial charge is 0.326 e. The van der Waals surface area contributed by atoms with Gasteiger partial charge in [-0.1, -0.05) is 57.8 Å². The van der Waals surface area contributed by atoms with Crippen LogP contribution in [0.5, 0.6) is 0 Å². The Morgan fingerprint density at radius 2 is 1.37 bits per heavy atom. The van der Waals surface area contributed by atoms with Crippen LogP contribution in [0.2, 0.25) is 0 Å². The molecule has 0 aromatic heterocycles. The van der Waals surface area contributed by atoms with Crippen LogP contribution in [0.25, 0.3) is 0 Å². The summed E-state index contributed by atoms with van der Waals surface area (Å²) in [6.07, 6.45) is 13.3. The van der Waals surface area contributed by atoms with Gasteiger partial charge in [-0.2, -0.15) is 0 Å². The van der Waals surface area contributed by atoms with Crippen molar-refractivity contribution in [3.63, 3.8) is 0 Å². The third-order valence-electron chi connectivity index (χ3n) is 4.35. The molecule has 1 aliphatic carbocycles. The van der Waals surface area contributed by atoms with Crippen molar-refractivity contribution in [1.29, 1.82) is 0 Å². The molecule has 0 saturated heterocycles. The maximum absolute atomic E-state index is 12.3. The third kappa shape index (κ3) is 5.52. The standard InChI is InChI=1S/C16H31NO2/c1-3-19-15(18)16(17-2)13-11-9-7-5-4-6-8-10-12-14-16/h17H,3-14H2,1-2H3. The molecule has 0 spiro atoms. The molecule has 112 valence electrons. The van der Waals surface area contributed by atoms with E-state index in [1.165, 1.54) is 44.9 Å².